The van der Waals surface area contributed by atoms with Gasteiger partial charge in [-0.2, -0.15) is 0 Å². The lowest BCUT2D eigenvalue weighted by Gasteiger charge is -2.17. The average molecular weight is 324 g/mol. The zero-order valence-corrected chi connectivity index (χ0v) is 12.9. The van der Waals surface area contributed by atoms with Crippen LogP contribution in [0.2, 0.25) is 0 Å². The number of rotatable bonds is 5. The number of cyclic esters (lactones) is 1. The van der Waals surface area contributed by atoms with Gasteiger partial charge >= 0.3 is 6.09 Å². The van der Waals surface area contributed by atoms with Crippen LogP contribution in [-0.2, 0) is 21.0 Å². The highest BCUT2D eigenvalue weighted by Crippen LogP contribution is 2.27. The maximum Gasteiger partial charge on any atom is 0.417 e. The fourth-order valence-corrected chi connectivity index (χ4v) is 2.42. The molecule has 2 aromatic carbocycles. The Kier molecular flexibility index (Phi) is 4.86. The Hall–Kier alpha value is -3.15. The van der Waals surface area contributed by atoms with Gasteiger partial charge in [0.2, 0.25) is 0 Å². The van der Waals surface area contributed by atoms with Gasteiger partial charge in [-0.1, -0.05) is 65.8 Å². The average Bonchev–Trinajstić information content (AvgIpc) is 3.02. The largest absolute Gasteiger partial charge is 0.446 e. The molecule has 122 valence electrons. The molecule has 24 heavy (non-hydrogen) atoms. The van der Waals surface area contributed by atoms with E-state index in [9.17, 15) is 9.59 Å². The van der Waals surface area contributed by atoms with Gasteiger partial charge in [-0.25, -0.2) is 9.69 Å². The molecule has 1 heterocycles. The number of benzene rings is 2. The topological polar surface area (TPSA) is 68.2 Å². The monoisotopic (exact) mass is 324 g/mol. The number of amides is 2. The Labute approximate surface area is 139 Å². The summed E-state index contributed by atoms with van der Waals surface area (Å²) >= 11 is 0. The molecule has 1 fully saturated rings. The number of hydrogen-bond acceptors (Lipinski definition) is 5. The molecule has 0 N–H and O–H groups in total. The number of carbonyl (C=O) groups excluding carboxylic acids is 2. The van der Waals surface area contributed by atoms with Crippen LogP contribution in [0.4, 0.5) is 4.79 Å². The molecule has 0 aliphatic carbocycles. The molecule has 0 spiro atoms. The molecule has 6 nitrogen and oxygen atoms in total. The van der Waals surface area contributed by atoms with Gasteiger partial charge in [-0.05, 0) is 11.1 Å². The maximum atomic E-state index is 12.2. The second kappa shape index (κ2) is 7.41. The van der Waals surface area contributed by atoms with Crippen molar-refractivity contribution in [2.24, 2.45) is 5.16 Å². The lowest BCUT2D eigenvalue weighted by atomic mass is 10.1. The molecule has 1 atom stereocenters. The first-order chi connectivity index (χ1) is 11.8. The molecule has 0 saturated carbocycles. The van der Waals surface area contributed by atoms with Gasteiger partial charge in [0.05, 0.1) is 0 Å². The van der Waals surface area contributed by atoms with Crippen molar-refractivity contribution in [1.29, 1.82) is 0 Å². The molecule has 0 unspecified atom stereocenters. The minimum Gasteiger partial charge on any atom is -0.446 e. The smallest absolute Gasteiger partial charge is 0.417 e. The van der Waals surface area contributed by atoms with Crippen molar-refractivity contribution < 1.29 is 19.2 Å². The van der Waals surface area contributed by atoms with E-state index in [1.807, 2.05) is 60.7 Å². The maximum absolute atomic E-state index is 12.2. The summed E-state index contributed by atoms with van der Waals surface area (Å²) in [5, 5.41) is 3.65. The van der Waals surface area contributed by atoms with E-state index in [2.05, 4.69) is 5.16 Å². The second-order valence-corrected chi connectivity index (χ2v) is 5.21. The van der Waals surface area contributed by atoms with E-state index < -0.39 is 18.0 Å². The van der Waals surface area contributed by atoms with Crippen molar-refractivity contribution >= 4 is 18.2 Å². The first-order valence-corrected chi connectivity index (χ1v) is 7.50. The third-order valence-electron chi connectivity index (χ3n) is 3.61. The fourth-order valence-electron chi connectivity index (χ4n) is 2.42. The first kappa shape index (κ1) is 15.7. The van der Waals surface area contributed by atoms with Crippen LogP contribution in [0.5, 0.6) is 0 Å². The normalized spacial score (nSPS) is 17.1. The lowest BCUT2D eigenvalue weighted by Crippen LogP contribution is -2.34. The van der Waals surface area contributed by atoms with E-state index in [1.54, 1.807) is 0 Å². The van der Waals surface area contributed by atoms with Crippen molar-refractivity contribution in [2.45, 2.75) is 12.6 Å². The van der Waals surface area contributed by atoms with E-state index in [4.69, 9.17) is 9.57 Å². The number of carbonyl (C=O) groups is 2. The highest BCUT2D eigenvalue weighted by molar-refractivity contribution is 6.29. The minimum absolute atomic E-state index is 0.132. The second-order valence-electron chi connectivity index (χ2n) is 5.21. The summed E-state index contributed by atoms with van der Waals surface area (Å²) in [6, 6.07) is 18.2. The van der Waals surface area contributed by atoms with Gasteiger partial charge in [-0.15, -0.1) is 0 Å². The highest BCUT2D eigenvalue weighted by atomic mass is 16.6. The van der Waals surface area contributed by atoms with Crippen LogP contribution in [0, 0.1) is 0 Å². The third-order valence-corrected chi connectivity index (χ3v) is 3.61. The Morgan fingerprint density at radius 3 is 2.54 bits per heavy atom. The molecule has 1 saturated heterocycles. The summed E-state index contributed by atoms with van der Waals surface area (Å²) in [6.45, 7) is 0.379. The molecule has 0 aromatic heterocycles. The van der Waals surface area contributed by atoms with Crippen molar-refractivity contribution in [3.05, 3.63) is 71.8 Å². The van der Waals surface area contributed by atoms with Gasteiger partial charge in [0, 0.05) is 0 Å². The lowest BCUT2D eigenvalue weighted by molar-refractivity contribution is -0.122. The van der Waals surface area contributed by atoms with E-state index >= 15 is 0 Å². The van der Waals surface area contributed by atoms with Crippen LogP contribution in [-0.4, -0.2) is 29.7 Å². The Morgan fingerprint density at radius 2 is 1.83 bits per heavy atom. The molecule has 0 bridgehead atoms. The molecule has 2 amide bonds. The number of oxime groups is 1. The molecule has 6 heteroatoms. The number of imide groups is 1. The van der Waals surface area contributed by atoms with Crippen LogP contribution in [0.25, 0.3) is 0 Å². The zero-order valence-electron chi connectivity index (χ0n) is 12.9. The van der Waals surface area contributed by atoms with Crippen molar-refractivity contribution in [2.75, 3.05) is 6.61 Å². The van der Waals surface area contributed by atoms with E-state index in [0.717, 1.165) is 22.2 Å². The zero-order chi connectivity index (χ0) is 16.8. The van der Waals surface area contributed by atoms with Crippen molar-refractivity contribution in [3.63, 3.8) is 0 Å². The SMILES string of the molecule is O=C(/C=N/OCc1ccccc1)N1C(=O)OC[C@@H]1c1ccccc1. The van der Waals surface area contributed by atoms with Crippen LogP contribution in [0.3, 0.4) is 0 Å². The molecule has 2 aromatic rings. The molecule has 3 rings (SSSR count). The molecule has 0 radical (unpaired) electrons. The van der Waals surface area contributed by atoms with Gasteiger partial charge < -0.3 is 9.57 Å². The van der Waals surface area contributed by atoms with Crippen LogP contribution in [0.15, 0.2) is 65.8 Å². The number of hydrogen-bond donors (Lipinski definition) is 0. The molecule has 1 aliphatic heterocycles. The van der Waals surface area contributed by atoms with Gasteiger partial charge in [0.1, 0.15) is 25.5 Å². The Balaban J connectivity index is 1.62. The fraction of sp³-hybridized carbons (Fsp3) is 0.167. The predicted molar refractivity (Wildman–Crippen MR) is 87.1 cm³/mol. The molecule has 1 aliphatic rings. The predicted octanol–water partition coefficient (Wildman–Crippen LogP) is 2.91. The standard InChI is InChI=1S/C18H16N2O4/c21-17(11-19-24-12-14-7-3-1-4-8-14)20-16(13-23-18(20)22)15-9-5-2-6-10-15/h1-11,16H,12-13H2/b19-11+/t16-/m1/s1. The summed E-state index contributed by atoms with van der Waals surface area (Å²) in [6.07, 6.45) is 0.314. The van der Waals surface area contributed by atoms with Crippen molar-refractivity contribution in [3.8, 4) is 0 Å². The minimum atomic E-state index is -0.677. The Bertz CT molecular complexity index is 731. The molecular formula is C18H16N2O4. The number of ether oxygens (including phenoxy) is 1. The summed E-state index contributed by atoms with van der Waals surface area (Å²) < 4.78 is 4.99. The molecular weight excluding hydrogens is 308 g/mol. The van der Waals surface area contributed by atoms with Crippen molar-refractivity contribution in [1.82, 2.24) is 4.90 Å². The Morgan fingerprint density at radius 1 is 1.17 bits per heavy atom. The highest BCUT2D eigenvalue weighted by Gasteiger charge is 2.38. The summed E-state index contributed by atoms with van der Waals surface area (Å²) in [5.41, 5.74) is 1.76. The van der Waals surface area contributed by atoms with Gasteiger partial charge in [0.25, 0.3) is 5.91 Å². The summed E-state index contributed by atoms with van der Waals surface area (Å²) in [7, 11) is 0. The van der Waals surface area contributed by atoms with Gasteiger partial charge in [-0.3, -0.25) is 4.79 Å². The summed E-state index contributed by atoms with van der Waals surface area (Å²) in [5.74, 6) is -0.570. The van der Waals surface area contributed by atoms with Crippen LogP contribution >= 0.6 is 0 Å². The van der Waals surface area contributed by atoms with E-state index in [-0.39, 0.29) is 13.2 Å². The van der Waals surface area contributed by atoms with Crippen LogP contribution in [0.1, 0.15) is 17.2 Å². The third kappa shape index (κ3) is 3.60. The number of nitrogens with zero attached hydrogens (tertiary/aromatic N) is 2. The van der Waals surface area contributed by atoms with Crippen LogP contribution < -0.4 is 0 Å². The quantitative estimate of drug-likeness (QED) is 0.626. The summed E-state index contributed by atoms with van der Waals surface area (Å²) in [4.78, 5) is 30.2. The van der Waals surface area contributed by atoms with E-state index in [0.29, 0.717) is 0 Å². The van der Waals surface area contributed by atoms with E-state index in [1.165, 1.54) is 0 Å². The van der Waals surface area contributed by atoms with Gasteiger partial charge in [0.15, 0.2) is 0 Å². The first-order valence-electron chi connectivity index (χ1n) is 7.50.